The number of amides is 1. The Morgan fingerprint density at radius 3 is 2.56 bits per heavy atom. The van der Waals surface area contributed by atoms with Crippen molar-refractivity contribution in [1.82, 2.24) is 19.9 Å². The van der Waals surface area contributed by atoms with Crippen molar-refractivity contribution in [2.75, 3.05) is 10.6 Å². The summed E-state index contributed by atoms with van der Waals surface area (Å²) < 4.78 is 39.1. The monoisotopic (exact) mass is 488 g/mol. The van der Waals surface area contributed by atoms with Crippen LogP contribution in [0.4, 0.5) is 30.4 Å². The van der Waals surface area contributed by atoms with E-state index in [4.69, 9.17) is 0 Å². The number of halogens is 3. The molecule has 5 rings (SSSR count). The van der Waals surface area contributed by atoms with Gasteiger partial charge in [0.25, 0.3) is 5.91 Å². The lowest BCUT2D eigenvalue weighted by Crippen LogP contribution is -2.13. The number of nitrogens with zero attached hydrogens (tertiary/aromatic N) is 3. The van der Waals surface area contributed by atoms with Crippen LogP contribution in [0.5, 0.6) is 0 Å². The second kappa shape index (κ2) is 9.14. The maximum absolute atomic E-state index is 13.0. The lowest BCUT2D eigenvalue weighted by molar-refractivity contribution is -0.137. The summed E-state index contributed by atoms with van der Waals surface area (Å²) in [7, 11) is 0. The summed E-state index contributed by atoms with van der Waals surface area (Å²) >= 11 is 0. The number of hydrogen-bond acceptors (Lipinski definition) is 5. The maximum Gasteiger partial charge on any atom is 0.416 e. The maximum atomic E-state index is 13.0. The van der Waals surface area contributed by atoms with E-state index in [1.54, 1.807) is 36.8 Å². The fourth-order valence-electron chi connectivity index (χ4n) is 3.67. The zero-order chi connectivity index (χ0) is 25.3. The smallest absolute Gasteiger partial charge is 0.357 e. The van der Waals surface area contributed by atoms with Gasteiger partial charge in [0.2, 0.25) is 0 Å². The normalized spacial score (nSPS) is 11.4. The number of fused-ring (bicyclic) bond motifs is 1. The Morgan fingerprint density at radius 1 is 0.972 bits per heavy atom. The molecule has 3 aromatic heterocycles. The SMILES string of the molecule is Cc1ccc(C(=O)Nc2cccc(C(F)(F)F)c2)cc1Nc1nc(-c2ccncc2)nc2cc[nH]c12. The molecule has 1 amide bonds. The molecule has 0 bridgehead atoms. The van der Waals surface area contributed by atoms with Gasteiger partial charge in [0.1, 0.15) is 5.52 Å². The number of anilines is 3. The Balaban J connectivity index is 1.45. The number of aromatic amines is 1. The highest BCUT2D eigenvalue weighted by atomic mass is 19.4. The second-order valence-corrected chi connectivity index (χ2v) is 8.06. The van der Waals surface area contributed by atoms with Crippen LogP contribution < -0.4 is 10.6 Å². The molecule has 36 heavy (non-hydrogen) atoms. The quantitative estimate of drug-likeness (QED) is 0.268. The van der Waals surface area contributed by atoms with Crippen LogP contribution in [-0.2, 0) is 6.18 Å². The molecule has 10 heteroatoms. The molecule has 180 valence electrons. The summed E-state index contributed by atoms with van der Waals surface area (Å²) in [4.78, 5) is 29.3. The minimum Gasteiger partial charge on any atom is -0.357 e. The van der Waals surface area contributed by atoms with E-state index in [0.29, 0.717) is 28.4 Å². The van der Waals surface area contributed by atoms with Gasteiger partial charge in [-0.05, 0) is 61.0 Å². The highest BCUT2D eigenvalue weighted by Crippen LogP contribution is 2.31. The number of hydrogen-bond donors (Lipinski definition) is 3. The third kappa shape index (κ3) is 4.74. The van der Waals surface area contributed by atoms with E-state index in [1.165, 1.54) is 12.1 Å². The van der Waals surface area contributed by atoms with Crippen LogP contribution in [0.1, 0.15) is 21.5 Å². The van der Waals surface area contributed by atoms with Gasteiger partial charge in [0.15, 0.2) is 11.6 Å². The summed E-state index contributed by atoms with van der Waals surface area (Å²) in [6.45, 7) is 1.87. The van der Waals surface area contributed by atoms with E-state index in [-0.39, 0.29) is 11.3 Å². The van der Waals surface area contributed by atoms with Crippen molar-refractivity contribution in [3.63, 3.8) is 0 Å². The van der Waals surface area contributed by atoms with Gasteiger partial charge in [-0.25, -0.2) is 9.97 Å². The van der Waals surface area contributed by atoms with Gasteiger partial charge in [-0.3, -0.25) is 9.78 Å². The first-order chi connectivity index (χ1) is 17.3. The van der Waals surface area contributed by atoms with Crippen molar-refractivity contribution >= 4 is 34.1 Å². The van der Waals surface area contributed by atoms with Crippen LogP contribution >= 0.6 is 0 Å². The van der Waals surface area contributed by atoms with Gasteiger partial charge in [-0.2, -0.15) is 13.2 Å². The zero-order valence-corrected chi connectivity index (χ0v) is 18.9. The number of alkyl halides is 3. The molecule has 2 aromatic carbocycles. The van der Waals surface area contributed by atoms with Gasteiger partial charge in [-0.1, -0.05) is 12.1 Å². The molecule has 0 saturated carbocycles. The van der Waals surface area contributed by atoms with Crippen molar-refractivity contribution in [1.29, 1.82) is 0 Å². The lowest BCUT2D eigenvalue weighted by atomic mass is 10.1. The van der Waals surface area contributed by atoms with Gasteiger partial charge in [-0.15, -0.1) is 0 Å². The average molecular weight is 488 g/mol. The summed E-state index contributed by atoms with van der Waals surface area (Å²) in [5.74, 6) is 0.473. The molecule has 0 unspecified atom stereocenters. The van der Waals surface area contributed by atoms with E-state index in [0.717, 1.165) is 23.3 Å². The van der Waals surface area contributed by atoms with E-state index in [9.17, 15) is 18.0 Å². The number of benzene rings is 2. The van der Waals surface area contributed by atoms with Crippen LogP contribution in [0.3, 0.4) is 0 Å². The number of aryl methyl sites for hydroxylation is 1. The molecular weight excluding hydrogens is 469 g/mol. The third-order valence-corrected chi connectivity index (χ3v) is 5.54. The Hall–Kier alpha value is -4.73. The predicted octanol–water partition coefficient (Wildman–Crippen LogP) is 6.34. The van der Waals surface area contributed by atoms with Gasteiger partial charge >= 0.3 is 6.18 Å². The van der Waals surface area contributed by atoms with Crippen LogP contribution in [0.25, 0.3) is 22.4 Å². The van der Waals surface area contributed by atoms with Crippen molar-refractivity contribution in [3.8, 4) is 11.4 Å². The predicted molar refractivity (Wildman–Crippen MR) is 131 cm³/mol. The van der Waals surface area contributed by atoms with Crippen LogP contribution in [-0.4, -0.2) is 25.8 Å². The lowest BCUT2D eigenvalue weighted by Gasteiger charge is -2.13. The van der Waals surface area contributed by atoms with E-state index >= 15 is 0 Å². The fourth-order valence-corrected chi connectivity index (χ4v) is 3.67. The second-order valence-electron chi connectivity index (χ2n) is 8.06. The van der Waals surface area contributed by atoms with Gasteiger partial charge in [0, 0.05) is 41.1 Å². The first kappa shape index (κ1) is 23.0. The number of rotatable bonds is 5. The van der Waals surface area contributed by atoms with Crippen LogP contribution in [0.15, 0.2) is 79.3 Å². The van der Waals surface area contributed by atoms with Gasteiger partial charge in [0.05, 0.1) is 11.1 Å². The molecule has 0 aliphatic carbocycles. The summed E-state index contributed by atoms with van der Waals surface area (Å²) in [6, 6.07) is 14.9. The molecule has 3 N–H and O–H groups in total. The molecule has 7 nitrogen and oxygen atoms in total. The Kier molecular flexibility index (Phi) is 5.85. The Labute approximate surface area is 203 Å². The van der Waals surface area contributed by atoms with Crippen molar-refractivity contribution in [3.05, 3.63) is 95.9 Å². The number of carbonyl (C=O) groups is 1. The number of carbonyl (C=O) groups excluding carboxylic acids is 1. The average Bonchev–Trinajstić information content (AvgIpc) is 3.35. The van der Waals surface area contributed by atoms with Crippen molar-refractivity contribution in [2.45, 2.75) is 13.1 Å². The molecule has 3 heterocycles. The molecule has 0 atom stereocenters. The number of aromatic nitrogens is 4. The highest BCUT2D eigenvalue weighted by Gasteiger charge is 2.30. The topological polar surface area (TPSA) is 95.6 Å². The summed E-state index contributed by atoms with van der Waals surface area (Å²) in [5, 5.41) is 5.81. The number of nitrogens with one attached hydrogen (secondary N) is 3. The summed E-state index contributed by atoms with van der Waals surface area (Å²) in [6.07, 6.45) is 0.567. The molecule has 0 radical (unpaired) electrons. The minimum absolute atomic E-state index is 0.0517. The standard InChI is InChI=1S/C26H19F3N6O/c1-15-5-6-17(25(36)32-19-4-2-3-18(14-19)26(27,28)29)13-21(15)34-24-22-20(9-12-31-22)33-23(35-24)16-7-10-30-11-8-16/h2-14,31H,1H3,(H,32,36)(H,33,34,35). The number of H-pyrrole nitrogens is 1. The Bertz CT molecular complexity index is 1560. The fraction of sp³-hybridized carbons (Fsp3) is 0.0769. The van der Waals surface area contributed by atoms with E-state index < -0.39 is 17.6 Å². The molecule has 0 fully saturated rings. The largest absolute Gasteiger partial charge is 0.416 e. The first-order valence-electron chi connectivity index (χ1n) is 10.9. The number of pyridine rings is 1. The van der Waals surface area contributed by atoms with Crippen molar-refractivity contribution < 1.29 is 18.0 Å². The van der Waals surface area contributed by atoms with Crippen LogP contribution in [0, 0.1) is 6.92 Å². The van der Waals surface area contributed by atoms with E-state index in [2.05, 4.69) is 30.6 Å². The molecule has 0 saturated heterocycles. The van der Waals surface area contributed by atoms with Gasteiger partial charge < -0.3 is 15.6 Å². The third-order valence-electron chi connectivity index (χ3n) is 5.54. The highest BCUT2D eigenvalue weighted by molar-refractivity contribution is 6.05. The van der Waals surface area contributed by atoms with E-state index in [1.807, 2.05) is 25.1 Å². The molecular formula is C26H19F3N6O. The zero-order valence-electron chi connectivity index (χ0n) is 18.9. The molecule has 0 spiro atoms. The Morgan fingerprint density at radius 2 is 1.78 bits per heavy atom. The molecule has 0 aliphatic heterocycles. The first-order valence-corrected chi connectivity index (χ1v) is 10.9. The minimum atomic E-state index is -4.50. The molecule has 5 aromatic rings. The summed E-state index contributed by atoms with van der Waals surface area (Å²) in [5.41, 5.74) is 3.12. The van der Waals surface area contributed by atoms with Crippen LogP contribution in [0.2, 0.25) is 0 Å². The van der Waals surface area contributed by atoms with Crippen molar-refractivity contribution in [2.24, 2.45) is 0 Å². The molecule has 0 aliphatic rings.